The van der Waals surface area contributed by atoms with Crippen LogP contribution >= 0.6 is 0 Å². The highest BCUT2D eigenvalue weighted by atomic mass is 19.4. The highest BCUT2D eigenvalue weighted by molar-refractivity contribution is 5.88. The third kappa shape index (κ3) is 4.98. The highest BCUT2D eigenvalue weighted by Gasteiger charge is 2.38. The van der Waals surface area contributed by atoms with Crippen LogP contribution in [0.4, 0.5) is 13.2 Å². The lowest BCUT2D eigenvalue weighted by Crippen LogP contribution is -2.21. The fraction of sp³-hybridized carbons (Fsp3) is 0.0526. The molecule has 0 aliphatic carbocycles. The van der Waals surface area contributed by atoms with Gasteiger partial charge in [0, 0.05) is 17.8 Å². The van der Waals surface area contributed by atoms with Gasteiger partial charge in [0.1, 0.15) is 5.52 Å². The topological polar surface area (TPSA) is 142 Å². The zero-order chi connectivity index (χ0) is 22.6. The number of benzene rings is 1. The largest absolute Gasteiger partial charge is 0.490 e. The normalized spacial score (nSPS) is 11.5. The Balaban J connectivity index is 0.000000339. The number of hydrogen-bond acceptors (Lipinski definition) is 6. The fourth-order valence-electron chi connectivity index (χ4n) is 2.50. The Labute approximate surface area is 169 Å². The minimum Gasteiger partial charge on any atom is -0.475 e. The maximum absolute atomic E-state index is 12.5. The van der Waals surface area contributed by atoms with Crippen molar-refractivity contribution in [2.75, 3.05) is 0 Å². The van der Waals surface area contributed by atoms with Gasteiger partial charge in [-0.05, 0) is 29.3 Å². The third-order valence-electron chi connectivity index (χ3n) is 3.92. The minimum absolute atomic E-state index is 0.00338. The summed E-state index contributed by atoms with van der Waals surface area (Å²) in [4.78, 5) is 40.3. The number of rotatable bonds is 2. The van der Waals surface area contributed by atoms with Gasteiger partial charge in [0.25, 0.3) is 5.56 Å². The van der Waals surface area contributed by atoms with E-state index < -0.39 is 17.7 Å². The number of carboxylic acid groups (broad SMARTS) is 1. The Morgan fingerprint density at radius 2 is 1.81 bits per heavy atom. The number of carbonyl (C=O) groups is 1. The van der Waals surface area contributed by atoms with Crippen LogP contribution in [0.2, 0.25) is 0 Å². The Morgan fingerprint density at radius 3 is 2.45 bits per heavy atom. The number of fused-ring (bicyclic) bond motifs is 2. The number of H-pyrrole nitrogens is 2. The fourth-order valence-corrected chi connectivity index (χ4v) is 2.50. The molecule has 3 N–H and O–H groups in total. The zero-order valence-electron chi connectivity index (χ0n) is 15.3. The molecule has 31 heavy (non-hydrogen) atoms. The summed E-state index contributed by atoms with van der Waals surface area (Å²) >= 11 is 0. The van der Waals surface area contributed by atoms with Gasteiger partial charge in [-0.15, -0.1) is 5.10 Å². The van der Waals surface area contributed by atoms with Crippen molar-refractivity contribution in [2.24, 2.45) is 0 Å². The van der Waals surface area contributed by atoms with Crippen LogP contribution in [0.3, 0.4) is 0 Å². The molecule has 0 fully saturated rings. The van der Waals surface area contributed by atoms with Crippen LogP contribution < -0.4 is 11.0 Å². The number of halogens is 3. The van der Waals surface area contributed by atoms with E-state index in [0.717, 1.165) is 11.1 Å². The average molecular weight is 431 g/mol. The number of nitrogens with one attached hydrogen (secondary N) is 2. The van der Waals surface area contributed by atoms with Gasteiger partial charge in [-0.25, -0.2) is 4.79 Å². The van der Waals surface area contributed by atoms with Crippen LogP contribution in [-0.2, 0) is 4.79 Å². The maximum Gasteiger partial charge on any atom is 0.490 e. The highest BCUT2D eigenvalue weighted by Crippen LogP contribution is 2.14. The first-order valence-electron chi connectivity index (χ1n) is 8.46. The Bertz CT molecular complexity index is 1400. The number of aliphatic carboxylic acids is 1. The van der Waals surface area contributed by atoms with Crippen molar-refractivity contribution in [3.63, 3.8) is 0 Å². The minimum atomic E-state index is -5.08. The lowest BCUT2D eigenvalue weighted by atomic mass is 10.1. The molecule has 1 aromatic carbocycles. The van der Waals surface area contributed by atoms with E-state index in [1.807, 2.05) is 30.4 Å². The number of aromatic nitrogens is 5. The molecule has 9 nitrogen and oxygen atoms in total. The van der Waals surface area contributed by atoms with Crippen LogP contribution in [0.1, 0.15) is 11.1 Å². The van der Waals surface area contributed by atoms with Crippen LogP contribution in [0.25, 0.3) is 34.1 Å². The predicted octanol–water partition coefficient (Wildman–Crippen LogP) is 2.36. The van der Waals surface area contributed by atoms with Crippen LogP contribution in [0.15, 0.2) is 52.3 Å². The van der Waals surface area contributed by atoms with E-state index >= 15 is 0 Å². The summed E-state index contributed by atoms with van der Waals surface area (Å²) in [5.41, 5.74) is 1.59. The Kier molecular flexibility index (Phi) is 5.90. The Morgan fingerprint density at radius 1 is 1.10 bits per heavy atom. The second kappa shape index (κ2) is 8.57. The van der Waals surface area contributed by atoms with Crippen LogP contribution in [0, 0.1) is 0 Å². The number of nitrogens with zero attached hydrogens (tertiary/aromatic N) is 3. The second-order valence-corrected chi connectivity index (χ2v) is 6.05. The molecule has 0 atom stereocenters. The maximum atomic E-state index is 12.5. The molecular formula is C19H12F3N5O4. The summed E-state index contributed by atoms with van der Waals surface area (Å²) in [6.45, 7) is 0. The number of carboxylic acids is 1. The molecule has 0 aliphatic heterocycles. The molecule has 0 unspecified atom stereocenters. The van der Waals surface area contributed by atoms with E-state index in [1.54, 1.807) is 24.5 Å². The van der Waals surface area contributed by atoms with Gasteiger partial charge >= 0.3 is 12.1 Å². The summed E-state index contributed by atoms with van der Waals surface area (Å²) in [6, 6.07) is 9.02. The van der Waals surface area contributed by atoms with Crippen molar-refractivity contribution < 1.29 is 23.1 Å². The van der Waals surface area contributed by atoms with E-state index in [-0.39, 0.29) is 16.5 Å². The van der Waals surface area contributed by atoms with Crippen molar-refractivity contribution in [1.82, 2.24) is 25.4 Å². The molecule has 0 saturated carbocycles. The van der Waals surface area contributed by atoms with E-state index in [2.05, 4.69) is 25.4 Å². The SMILES string of the molecule is O=C(O)C(F)(F)F.O=c1[nH]c2cc(C=Cc3cccnc3)ccc2c(=O)c2[nH]nnc12. The van der Waals surface area contributed by atoms with Gasteiger partial charge in [-0.2, -0.15) is 13.2 Å². The number of aromatic amines is 2. The summed E-state index contributed by atoms with van der Waals surface area (Å²) in [5.74, 6) is -2.76. The quantitative estimate of drug-likeness (QED) is 0.442. The molecule has 4 aromatic rings. The first-order chi connectivity index (χ1) is 14.7. The van der Waals surface area contributed by atoms with Crippen molar-refractivity contribution >= 4 is 40.1 Å². The summed E-state index contributed by atoms with van der Waals surface area (Å²) in [6.07, 6.45) is 2.16. The molecular weight excluding hydrogens is 419 g/mol. The molecule has 4 rings (SSSR count). The standard InChI is InChI=1S/C17H11N5O2.C2HF3O2/c23-16-12-6-5-10(3-4-11-2-1-7-18-9-11)8-13(12)19-17(24)15-14(16)20-22-21-15;3-2(4,5)1(6)7/h1-9H,(H,19,24)(H,20,21,22);(H,6,7). The van der Waals surface area contributed by atoms with Gasteiger partial charge in [-0.3, -0.25) is 19.7 Å². The van der Waals surface area contributed by atoms with Gasteiger partial charge in [0.05, 0.1) is 5.52 Å². The lowest BCUT2D eigenvalue weighted by Gasteiger charge is -1.96. The van der Waals surface area contributed by atoms with E-state index in [1.165, 1.54) is 0 Å². The van der Waals surface area contributed by atoms with Crippen LogP contribution in [-0.4, -0.2) is 42.6 Å². The van der Waals surface area contributed by atoms with Crippen molar-refractivity contribution in [3.05, 3.63) is 74.4 Å². The summed E-state index contributed by atoms with van der Waals surface area (Å²) in [5, 5.41) is 17.2. The number of alkyl halides is 3. The molecule has 0 bridgehead atoms. The Hall–Kier alpha value is -4.35. The smallest absolute Gasteiger partial charge is 0.475 e. The van der Waals surface area contributed by atoms with Gasteiger partial charge in [0.15, 0.2) is 5.52 Å². The first-order valence-corrected chi connectivity index (χ1v) is 8.46. The number of pyridine rings is 1. The second-order valence-electron chi connectivity index (χ2n) is 6.05. The molecule has 3 aromatic heterocycles. The predicted molar refractivity (Wildman–Crippen MR) is 105 cm³/mol. The molecule has 0 aliphatic rings. The van der Waals surface area contributed by atoms with E-state index in [9.17, 15) is 22.8 Å². The van der Waals surface area contributed by atoms with Crippen molar-refractivity contribution in [1.29, 1.82) is 0 Å². The molecule has 0 amide bonds. The molecule has 12 heteroatoms. The van der Waals surface area contributed by atoms with E-state index in [0.29, 0.717) is 10.9 Å². The molecule has 3 heterocycles. The average Bonchev–Trinajstić information content (AvgIpc) is 3.19. The molecule has 0 saturated heterocycles. The third-order valence-corrected chi connectivity index (χ3v) is 3.92. The van der Waals surface area contributed by atoms with E-state index in [4.69, 9.17) is 9.90 Å². The van der Waals surface area contributed by atoms with Gasteiger partial charge < -0.3 is 10.1 Å². The van der Waals surface area contributed by atoms with Crippen LogP contribution in [0.5, 0.6) is 0 Å². The first kappa shape index (κ1) is 21.4. The van der Waals surface area contributed by atoms with Gasteiger partial charge in [0.2, 0.25) is 5.43 Å². The van der Waals surface area contributed by atoms with Gasteiger partial charge in [-0.1, -0.05) is 29.5 Å². The lowest BCUT2D eigenvalue weighted by molar-refractivity contribution is -0.192. The monoisotopic (exact) mass is 431 g/mol. The molecule has 158 valence electrons. The molecule has 0 radical (unpaired) electrons. The summed E-state index contributed by atoms with van der Waals surface area (Å²) < 4.78 is 31.7. The zero-order valence-corrected chi connectivity index (χ0v) is 15.3. The van der Waals surface area contributed by atoms with Crippen molar-refractivity contribution in [2.45, 2.75) is 6.18 Å². The summed E-state index contributed by atoms with van der Waals surface area (Å²) in [7, 11) is 0. The number of hydrogen-bond donors (Lipinski definition) is 3. The van der Waals surface area contributed by atoms with Crippen molar-refractivity contribution in [3.8, 4) is 0 Å². The molecule has 0 spiro atoms.